The highest BCUT2D eigenvalue weighted by Crippen LogP contribution is 2.48. The number of hydrogen-bond donors (Lipinski definition) is 1. The highest BCUT2D eigenvalue weighted by molar-refractivity contribution is 5.99. The number of benzene rings is 1. The van der Waals surface area contributed by atoms with Crippen LogP contribution in [-0.4, -0.2) is 40.7 Å². The summed E-state index contributed by atoms with van der Waals surface area (Å²) in [5.74, 6) is -1.88. The summed E-state index contributed by atoms with van der Waals surface area (Å²) in [6.07, 6.45) is -3.25. The molecule has 1 fully saturated rings. The Morgan fingerprint density at radius 1 is 1.42 bits per heavy atom. The molecule has 2 atom stereocenters. The van der Waals surface area contributed by atoms with Gasteiger partial charge in [-0.2, -0.15) is 23.3 Å². The van der Waals surface area contributed by atoms with Gasteiger partial charge in [-0.1, -0.05) is 12.5 Å². The van der Waals surface area contributed by atoms with Gasteiger partial charge in [0.05, 0.1) is 13.0 Å². The predicted molar refractivity (Wildman–Crippen MR) is 79.6 cm³/mol. The van der Waals surface area contributed by atoms with Gasteiger partial charge in [0.15, 0.2) is 0 Å². The number of hydrogen-bond acceptors (Lipinski definition) is 4. The lowest BCUT2D eigenvalue weighted by Crippen LogP contribution is -2.61. The minimum atomic E-state index is -5.01. The molecule has 0 aromatic heterocycles. The third-order valence-corrected chi connectivity index (χ3v) is 4.54. The number of nitrogens with zero attached hydrogens (tertiary/aromatic N) is 2. The molecule has 1 aliphatic heterocycles. The molecule has 1 aromatic carbocycles. The van der Waals surface area contributed by atoms with Crippen molar-refractivity contribution < 1.29 is 27.8 Å². The highest BCUT2D eigenvalue weighted by Gasteiger charge is 2.68. The lowest BCUT2D eigenvalue weighted by Gasteiger charge is -2.38. The van der Waals surface area contributed by atoms with Gasteiger partial charge >= 0.3 is 6.18 Å². The number of alkyl halides is 3. The second-order valence-corrected chi connectivity index (χ2v) is 5.96. The topological polar surface area (TPSA) is 62.1 Å². The monoisotopic (exact) mass is 342 g/mol. The molecule has 5 nitrogen and oxygen atoms in total. The van der Waals surface area contributed by atoms with E-state index in [-0.39, 0.29) is 22.7 Å². The van der Waals surface area contributed by atoms with Gasteiger partial charge in [-0.3, -0.25) is 4.79 Å². The van der Waals surface area contributed by atoms with Crippen molar-refractivity contribution >= 4 is 11.6 Å². The number of aliphatic hydroxyl groups is 1. The van der Waals surface area contributed by atoms with Gasteiger partial charge in [0.1, 0.15) is 5.75 Å². The van der Waals surface area contributed by atoms with Gasteiger partial charge in [-0.15, -0.1) is 0 Å². The Morgan fingerprint density at radius 2 is 2.17 bits per heavy atom. The van der Waals surface area contributed by atoms with E-state index in [0.29, 0.717) is 25.0 Å². The molecule has 0 saturated heterocycles. The molecule has 2 aliphatic rings. The van der Waals surface area contributed by atoms with Crippen molar-refractivity contribution in [3.8, 4) is 5.75 Å². The van der Waals surface area contributed by atoms with Crippen LogP contribution in [0.5, 0.6) is 5.75 Å². The summed E-state index contributed by atoms with van der Waals surface area (Å²) in [4.78, 5) is 12.6. The van der Waals surface area contributed by atoms with Crippen molar-refractivity contribution in [3.05, 3.63) is 29.8 Å². The van der Waals surface area contributed by atoms with E-state index in [2.05, 4.69) is 5.10 Å². The molecular formula is C16H17F3N2O3. The maximum Gasteiger partial charge on any atom is 0.439 e. The van der Waals surface area contributed by atoms with Gasteiger partial charge in [-0.25, -0.2) is 0 Å². The number of ether oxygens (including phenoxy) is 1. The van der Waals surface area contributed by atoms with Crippen LogP contribution in [0.15, 0.2) is 29.4 Å². The number of methoxy groups -OCH3 is 1. The summed E-state index contributed by atoms with van der Waals surface area (Å²) in [5, 5.41) is 14.5. The molecule has 0 bridgehead atoms. The van der Waals surface area contributed by atoms with Crippen molar-refractivity contribution in [1.82, 2.24) is 5.01 Å². The molecule has 0 radical (unpaired) electrons. The van der Waals surface area contributed by atoms with Crippen LogP contribution in [0, 0.1) is 5.92 Å². The van der Waals surface area contributed by atoms with Crippen molar-refractivity contribution in [2.45, 2.75) is 37.6 Å². The SMILES string of the molecule is COc1cccc(C(=O)N2N=C3CCCC[C@H]3[C@@]2(O)C(F)(F)F)c1. The van der Waals surface area contributed by atoms with Gasteiger partial charge in [0.2, 0.25) is 0 Å². The first kappa shape index (κ1) is 16.8. The van der Waals surface area contributed by atoms with Crippen LogP contribution in [0.3, 0.4) is 0 Å². The van der Waals surface area contributed by atoms with Crippen LogP contribution in [0.1, 0.15) is 36.0 Å². The molecule has 130 valence electrons. The molecule has 24 heavy (non-hydrogen) atoms. The maximum atomic E-state index is 13.6. The van der Waals surface area contributed by atoms with E-state index in [9.17, 15) is 23.1 Å². The average molecular weight is 342 g/mol. The van der Waals surface area contributed by atoms with Gasteiger partial charge < -0.3 is 9.84 Å². The second-order valence-electron chi connectivity index (χ2n) is 5.96. The van der Waals surface area contributed by atoms with Crippen molar-refractivity contribution in [2.24, 2.45) is 11.0 Å². The van der Waals surface area contributed by atoms with Crippen LogP contribution in [-0.2, 0) is 0 Å². The Kier molecular flexibility index (Phi) is 4.03. The molecule has 0 spiro atoms. The van der Waals surface area contributed by atoms with E-state index >= 15 is 0 Å². The normalized spacial score (nSPS) is 26.8. The minimum Gasteiger partial charge on any atom is -0.497 e. The fourth-order valence-electron chi connectivity index (χ4n) is 3.30. The Morgan fingerprint density at radius 3 is 2.83 bits per heavy atom. The fourth-order valence-corrected chi connectivity index (χ4v) is 3.30. The summed E-state index contributed by atoms with van der Waals surface area (Å²) in [6, 6.07) is 5.75. The largest absolute Gasteiger partial charge is 0.497 e. The number of halogens is 3. The van der Waals surface area contributed by atoms with E-state index in [1.54, 1.807) is 6.07 Å². The van der Waals surface area contributed by atoms with Crippen LogP contribution in [0.4, 0.5) is 13.2 Å². The minimum absolute atomic E-state index is 0.0278. The second kappa shape index (κ2) is 5.77. The van der Waals surface area contributed by atoms with Gasteiger partial charge in [0.25, 0.3) is 11.6 Å². The Bertz CT molecular complexity index is 689. The molecule has 1 saturated carbocycles. The zero-order valence-electron chi connectivity index (χ0n) is 13.0. The summed E-state index contributed by atoms with van der Waals surface area (Å²) in [6.45, 7) is 0. The first-order chi connectivity index (χ1) is 11.3. The van der Waals surface area contributed by atoms with E-state index < -0.39 is 23.7 Å². The number of carbonyl (C=O) groups excluding carboxylic acids is 1. The van der Waals surface area contributed by atoms with E-state index in [0.717, 1.165) is 0 Å². The molecular weight excluding hydrogens is 325 g/mol. The zero-order chi connectivity index (χ0) is 17.5. The molecule has 1 aromatic rings. The number of rotatable bonds is 2. The molecule has 1 amide bonds. The van der Waals surface area contributed by atoms with Crippen LogP contribution >= 0.6 is 0 Å². The van der Waals surface area contributed by atoms with Crippen LogP contribution in [0.25, 0.3) is 0 Å². The molecule has 1 heterocycles. The molecule has 3 rings (SSSR count). The van der Waals surface area contributed by atoms with Crippen molar-refractivity contribution in [3.63, 3.8) is 0 Å². The van der Waals surface area contributed by atoms with Crippen LogP contribution in [0.2, 0.25) is 0 Å². The number of fused-ring (bicyclic) bond motifs is 1. The highest BCUT2D eigenvalue weighted by atomic mass is 19.4. The molecule has 8 heteroatoms. The average Bonchev–Trinajstić information content (AvgIpc) is 2.88. The smallest absolute Gasteiger partial charge is 0.439 e. The van der Waals surface area contributed by atoms with Crippen LogP contribution < -0.4 is 4.74 Å². The summed E-state index contributed by atoms with van der Waals surface area (Å²) < 4.78 is 45.9. The maximum absolute atomic E-state index is 13.6. The van der Waals surface area contributed by atoms with E-state index in [1.165, 1.54) is 25.3 Å². The van der Waals surface area contributed by atoms with Crippen molar-refractivity contribution in [2.75, 3.05) is 7.11 Å². The van der Waals surface area contributed by atoms with Gasteiger partial charge in [-0.05, 0) is 37.5 Å². The molecule has 0 unspecified atom stereocenters. The summed E-state index contributed by atoms with van der Waals surface area (Å²) in [5.41, 5.74) is -3.10. The summed E-state index contributed by atoms with van der Waals surface area (Å²) in [7, 11) is 1.39. The quantitative estimate of drug-likeness (QED) is 0.899. The summed E-state index contributed by atoms with van der Waals surface area (Å²) >= 11 is 0. The Labute approximate surface area is 136 Å². The number of carbonyl (C=O) groups is 1. The molecule has 1 aliphatic carbocycles. The number of amides is 1. The van der Waals surface area contributed by atoms with E-state index in [1.807, 2.05) is 0 Å². The standard InChI is InChI=1S/C16H17F3N2O3/c1-24-11-6-4-5-10(9-11)14(22)21-15(23,16(17,18)19)12-7-2-3-8-13(12)20-21/h4-6,9,12,23H,2-3,7-8H2,1H3/t12-,15-/m1/s1. The first-order valence-electron chi connectivity index (χ1n) is 7.64. The fraction of sp³-hybridized carbons (Fsp3) is 0.500. The van der Waals surface area contributed by atoms with Gasteiger partial charge in [0, 0.05) is 11.3 Å². The molecule has 1 N–H and O–H groups in total. The Balaban J connectivity index is 2.03. The first-order valence-corrected chi connectivity index (χ1v) is 7.64. The van der Waals surface area contributed by atoms with Crippen molar-refractivity contribution in [1.29, 1.82) is 0 Å². The third-order valence-electron chi connectivity index (χ3n) is 4.54. The zero-order valence-corrected chi connectivity index (χ0v) is 13.0. The van der Waals surface area contributed by atoms with E-state index in [4.69, 9.17) is 4.74 Å². The Hall–Kier alpha value is -2.09. The third kappa shape index (κ3) is 2.45. The lowest BCUT2D eigenvalue weighted by molar-refractivity contribution is -0.312. The number of hydrazone groups is 1. The predicted octanol–water partition coefficient (Wildman–Crippen LogP) is 2.95. The lowest BCUT2D eigenvalue weighted by atomic mass is 9.80.